The van der Waals surface area contributed by atoms with Crippen LogP contribution in [-0.2, 0) is 14.3 Å². The van der Waals surface area contributed by atoms with Gasteiger partial charge >= 0.3 is 5.97 Å². The van der Waals surface area contributed by atoms with Crippen LogP contribution in [0.4, 0.5) is 5.69 Å². The molecular weight excluding hydrogens is 336 g/mol. The molecular formula is C19H20N2O3S. The molecule has 2 aromatic rings. The number of benzene rings is 1. The summed E-state index contributed by atoms with van der Waals surface area (Å²) >= 11 is 1.54. The number of esters is 1. The van der Waals surface area contributed by atoms with Gasteiger partial charge < -0.3 is 14.5 Å². The largest absolute Gasteiger partial charge is 0.452 e. The first-order chi connectivity index (χ1) is 12.2. The van der Waals surface area contributed by atoms with Crippen LogP contribution in [-0.4, -0.2) is 49.6 Å². The molecule has 1 fully saturated rings. The van der Waals surface area contributed by atoms with Gasteiger partial charge in [0, 0.05) is 42.8 Å². The molecule has 0 bridgehead atoms. The molecule has 0 radical (unpaired) electrons. The Hall–Kier alpha value is -2.60. The van der Waals surface area contributed by atoms with E-state index in [1.54, 1.807) is 11.0 Å². The predicted molar refractivity (Wildman–Crippen MR) is 99.5 cm³/mol. The summed E-state index contributed by atoms with van der Waals surface area (Å²) in [5.74, 6) is -0.643. The SMILES string of the molecule is O=C(C=Cc1cccs1)OCC(=O)N1CCN(c2ccccc2)CC1. The van der Waals surface area contributed by atoms with Gasteiger partial charge in [-0.2, -0.15) is 0 Å². The van der Waals surface area contributed by atoms with Crippen molar-refractivity contribution in [2.24, 2.45) is 0 Å². The molecule has 2 heterocycles. The van der Waals surface area contributed by atoms with Crippen molar-refractivity contribution in [3.05, 3.63) is 58.8 Å². The smallest absolute Gasteiger partial charge is 0.331 e. The standard InChI is InChI=1S/C19H20N2O3S/c22-18(15-24-19(23)9-8-17-7-4-14-25-17)21-12-10-20(11-13-21)16-5-2-1-3-6-16/h1-9,14H,10-13,15H2. The predicted octanol–water partition coefficient (Wildman–Crippen LogP) is 2.65. The Balaban J connectivity index is 1.41. The Morgan fingerprint density at radius 1 is 1.04 bits per heavy atom. The summed E-state index contributed by atoms with van der Waals surface area (Å²) in [6.45, 7) is 2.62. The summed E-state index contributed by atoms with van der Waals surface area (Å²) in [4.78, 5) is 28.8. The van der Waals surface area contributed by atoms with Crippen molar-refractivity contribution in [1.29, 1.82) is 0 Å². The second-order valence-corrected chi connectivity index (χ2v) is 6.64. The number of para-hydroxylation sites is 1. The molecule has 130 valence electrons. The van der Waals surface area contributed by atoms with Crippen molar-refractivity contribution in [1.82, 2.24) is 4.90 Å². The van der Waals surface area contributed by atoms with E-state index in [4.69, 9.17) is 4.74 Å². The first-order valence-corrected chi connectivity index (χ1v) is 9.06. The molecule has 25 heavy (non-hydrogen) atoms. The van der Waals surface area contributed by atoms with Crippen molar-refractivity contribution < 1.29 is 14.3 Å². The average molecular weight is 356 g/mol. The van der Waals surface area contributed by atoms with Gasteiger partial charge in [0.2, 0.25) is 0 Å². The van der Waals surface area contributed by atoms with E-state index in [0.717, 1.165) is 18.0 Å². The minimum Gasteiger partial charge on any atom is -0.452 e. The van der Waals surface area contributed by atoms with Crippen LogP contribution in [0.2, 0.25) is 0 Å². The highest BCUT2D eigenvalue weighted by Crippen LogP contribution is 2.15. The van der Waals surface area contributed by atoms with Crippen LogP contribution in [0.5, 0.6) is 0 Å². The van der Waals surface area contributed by atoms with Gasteiger partial charge in [-0.05, 0) is 29.7 Å². The monoisotopic (exact) mass is 356 g/mol. The third-order valence-corrected chi connectivity index (χ3v) is 4.86. The number of thiophene rings is 1. The van der Waals surface area contributed by atoms with Crippen LogP contribution >= 0.6 is 11.3 Å². The Morgan fingerprint density at radius 2 is 1.80 bits per heavy atom. The van der Waals surface area contributed by atoms with Gasteiger partial charge in [-0.25, -0.2) is 4.79 Å². The highest BCUT2D eigenvalue weighted by Gasteiger charge is 2.21. The van der Waals surface area contributed by atoms with E-state index in [9.17, 15) is 9.59 Å². The normalized spacial score (nSPS) is 14.7. The van der Waals surface area contributed by atoms with Gasteiger partial charge in [-0.1, -0.05) is 24.3 Å². The highest BCUT2D eigenvalue weighted by atomic mass is 32.1. The molecule has 1 amide bonds. The Kier molecular flexibility index (Phi) is 5.85. The summed E-state index contributed by atoms with van der Waals surface area (Å²) < 4.78 is 5.04. The van der Waals surface area contributed by atoms with Crippen molar-refractivity contribution >= 4 is 35.0 Å². The van der Waals surface area contributed by atoms with Crippen molar-refractivity contribution in [3.63, 3.8) is 0 Å². The fourth-order valence-electron chi connectivity index (χ4n) is 2.66. The third kappa shape index (κ3) is 4.93. The molecule has 0 unspecified atom stereocenters. The molecule has 1 aromatic heterocycles. The van der Waals surface area contributed by atoms with E-state index in [1.807, 2.05) is 35.7 Å². The molecule has 1 saturated heterocycles. The number of hydrogen-bond acceptors (Lipinski definition) is 5. The maximum absolute atomic E-state index is 12.2. The number of carbonyl (C=O) groups is 2. The fourth-order valence-corrected chi connectivity index (χ4v) is 3.28. The average Bonchev–Trinajstić information content (AvgIpc) is 3.19. The van der Waals surface area contributed by atoms with Crippen LogP contribution < -0.4 is 4.90 Å². The Morgan fingerprint density at radius 3 is 2.48 bits per heavy atom. The lowest BCUT2D eigenvalue weighted by Crippen LogP contribution is -2.49. The number of hydrogen-bond donors (Lipinski definition) is 0. The quantitative estimate of drug-likeness (QED) is 0.610. The van der Waals surface area contributed by atoms with Crippen LogP contribution in [0.15, 0.2) is 53.9 Å². The molecule has 0 spiro atoms. The Bertz CT molecular complexity index is 720. The van der Waals surface area contributed by atoms with E-state index >= 15 is 0 Å². The van der Waals surface area contributed by atoms with Gasteiger partial charge in [0.05, 0.1) is 0 Å². The van der Waals surface area contributed by atoms with Gasteiger partial charge in [0.1, 0.15) is 0 Å². The maximum atomic E-state index is 12.2. The molecule has 0 aliphatic carbocycles. The van der Waals surface area contributed by atoms with E-state index in [0.29, 0.717) is 13.1 Å². The van der Waals surface area contributed by atoms with E-state index in [-0.39, 0.29) is 12.5 Å². The van der Waals surface area contributed by atoms with Crippen LogP contribution in [0.3, 0.4) is 0 Å². The number of rotatable bonds is 5. The fraction of sp³-hybridized carbons (Fsp3) is 0.263. The van der Waals surface area contributed by atoms with Crippen LogP contribution in [0, 0.1) is 0 Å². The number of amides is 1. The molecule has 1 aromatic carbocycles. The molecule has 0 N–H and O–H groups in total. The van der Waals surface area contributed by atoms with E-state index in [1.165, 1.54) is 23.1 Å². The zero-order chi connectivity index (χ0) is 17.5. The maximum Gasteiger partial charge on any atom is 0.331 e. The zero-order valence-corrected chi connectivity index (χ0v) is 14.7. The summed E-state index contributed by atoms with van der Waals surface area (Å²) in [6.07, 6.45) is 3.04. The summed E-state index contributed by atoms with van der Waals surface area (Å²) in [6, 6.07) is 14.0. The van der Waals surface area contributed by atoms with Crippen LogP contribution in [0.1, 0.15) is 4.88 Å². The lowest BCUT2D eigenvalue weighted by Gasteiger charge is -2.36. The van der Waals surface area contributed by atoms with Crippen LogP contribution in [0.25, 0.3) is 6.08 Å². The lowest BCUT2D eigenvalue weighted by molar-refractivity contribution is -0.148. The number of piperazine rings is 1. The van der Waals surface area contributed by atoms with Gasteiger partial charge in [0.15, 0.2) is 6.61 Å². The molecule has 6 heteroatoms. The van der Waals surface area contributed by atoms with E-state index in [2.05, 4.69) is 17.0 Å². The van der Waals surface area contributed by atoms with E-state index < -0.39 is 5.97 Å². The summed E-state index contributed by atoms with van der Waals surface area (Å²) in [7, 11) is 0. The first-order valence-electron chi connectivity index (χ1n) is 8.18. The third-order valence-electron chi connectivity index (χ3n) is 4.02. The number of nitrogens with zero attached hydrogens (tertiary/aromatic N) is 2. The minimum absolute atomic E-state index is 0.148. The summed E-state index contributed by atoms with van der Waals surface area (Å²) in [5.41, 5.74) is 1.17. The Labute approximate surface area is 151 Å². The number of anilines is 1. The molecule has 3 rings (SSSR count). The van der Waals surface area contributed by atoms with Gasteiger partial charge in [-0.3, -0.25) is 4.79 Å². The van der Waals surface area contributed by atoms with Crippen molar-refractivity contribution in [3.8, 4) is 0 Å². The summed E-state index contributed by atoms with van der Waals surface area (Å²) in [5, 5.41) is 1.93. The second-order valence-electron chi connectivity index (χ2n) is 5.66. The molecule has 1 aliphatic heterocycles. The molecule has 5 nitrogen and oxygen atoms in total. The van der Waals surface area contributed by atoms with Crippen molar-refractivity contribution in [2.45, 2.75) is 0 Å². The number of carbonyl (C=O) groups excluding carboxylic acids is 2. The topological polar surface area (TPSA) is 49.9 Å². The van der Waals surface area contributed by atoms with Gasteiger partial charge in [-0.15, -0.1) is 11.3 Å². The first kappa shape index (κ1) is 17.2. The molecule has 0 atom stereocenters. The molecule has 0 saturated carbocycles. The van der Waals surface area contributed by atoms with Crippen molar-refractivity contribution in [2.75, 3.05) is 37.7 Å². The highest BCUT2D eigenvalue weighted by molar-refractivity contribution is 7.10. The van der Waals surface area contributed by atoms with Gasteiger partial charge in [0.25, 0.3) is 5.91 Å². The molecule has 1 aliphatic rings. The lowest BCUT2D eigenvalue weighted by atomic mass is 10.2. The number of ether oxygens (including phenoxy) is 1. The second kappa shape index (κ2) is 8.48. The minimum atomic E-state index is -0.496. The zero-order valence-electron chi connectivity index (χ0n) is 13.8.